The Kier molecular flexibility index (Phi) is 5.40. The van der Waals surface area contributed by atoms with E-state index in [4.69, 9.17) is 0 Å². The molecule has 0 aromatic heterocycles. The number of benzene rings is 1. The molecule has 0 heterocycles. The number of aliphatic hydroxyl groups is 1. The second kappa shape index (κ2) is 5.62. The van der Waals surface area contributed by atoms with E-state index in [2.05, 4.69) is 79.9 Å². The molecule has 1 aromatic carbocycles. The molecule has 0 aliphatic carbocycles. The third kappa shape index (κ3) is 3.18. The average molecular weight is 528 g/mol. The highest BCUT2D eigenvalue weighted by Crippen LogP contribution is 2.31. The highest BCUT2D eigenvalue weighted by atomic mass is 127. The van der Waals surface area contributed by atoms with Gasteiger partial charge in [0.25, 0.3) is 0 Å². The molecule has 1 atom stereocenters. The predicted molar refractivity (Wildman–Crippen MR) is 84.4 cm³/mol. The van der Waals surface area contributed by atoms with Gasteiger partial charge >= 0.3 is 0 Å². The summed E-state index contributed by atoms with van der Waals surface area (Å²) in [5.41, 5.74) is 1.07. The molecule has 78 valence electrons. The summed E-state index contributed by atoms with van der Waals surface area (Å²) in [6.07, 6.45) is -0.356. The van der Waals surface area contributed by atoms with Crippen LogP contribution in [0.4, 0.5) is 0 Å². The van der Waals surface area contributed by atoms with Crippen molar-refractivity contribution in [3.63, 3.8) is 0 Å². The van der Waals surface area contributed by atoms with Gasteiger partial charge in [0, 0.05) is 16.3 Å². The number of hydrogen-bond donors (Lipinski definition) is 1. The number of aliphatic hydroxyl groups excluding tert-OH is 1. The lowest BCUT2D eigenvalue weighted by Crippen LogP contribution is -2.09. The number of hydrogen-bond acceptors (Lipinski definition) is 1. The zero-order valence-electron chi connectivity index (χ0n) is 7.89. The Morgan fingerprint density at radius 1 is 1.07 bits per heavy atom. The summed E-state index contributed by atoms with van der Waals surface area (Å²) in [5.74, 6) is 0.261. The Morgan fingerprint density at radius 2 is 1.50 bits per heavy atom. The molecular weight excluding hydrogens is 517 g/mol. The number of halogens is 3. The van der Waals surface area contributed by atoms with Gasteiger partial charge in [0.05, 0.1) is 6.10 Å². The third-order valence-electron chi connectivity index (χ3n) is 1.97. The maximum atomic E-state index is 10.0. The molecule has 0 bridgehead atoms. The van der Waals surface area contributed by atoms with Gasteiger partial charge in [-0.3, -0.25) is 0 Å². The smallest absolute Gasteiger partial charge is 0.0833 e. The van der Waals surface area contributed by atoms with Crippen LogP contribution in [0.2, 0.25) is 0 Å². The van der Waals surface area contributed by atoms with Crippen LogP contribution in [0, 0.1) is 16.6 Å². The minimum absolute atomic E-state index is 0.261. The van der Waals surface area contributed by atoms with E-state index in [-0.39, 0.29) is 12.0 Å². The van der Waals surface area contributed by atoms with Crippen molar-refractivity contribution in [2.45, 2.75) is 20.0 Å². The van der Waals surface area contributed by atoms with Gasteiger partial charge in [-0.2, -0.15) is 0 Å². The Hall–Kier alpha value is 1.37. The molecule has 1 N–H and O–H groups in total. The van der Waals surface area contributed by atoms with Gasteiger partial charge in [-0.15, -0.1) is 0 Å². The molecule has 1 aromatic rings. The second-order valence-corrected chi connectivity index (χ2v) is 7.04. The summed E-state index contributed by atoms with van der Waals surface area (Å²) in [7, 11) is 0. The lowest BCUT2D eigenvalue weighted by Gasteiger charge is -2.18. The van der Waals surface area contributed by atoms with Crippen LogP contribution in [-0.4, -0.2) is 5.11 Å². The molecule has 1 nitrogen and oxygen atoms in total. The first-order valence-corrected chi connectivity index (χ1v) is 7.49. The van der Waals surface area contributed by atoms with Gasteiger partial charge in [0.2, 0.25) is 0 Å². The first-order chi connectivity index (χ1) is 6.43. The summed E-state index contributed by atoms with van der Waals surface area (Å²) in [6, 6.07) is 4.20. The van der Waals surface area contributed by atoms with Gasteiger partial charge in [-0.1, -0.05) is 13.8 Å². The Balaban J connectivity index is 3.20. The van der Waals surface area contributed by atoms with Crippen LogP contribution in [0.15, 0.2) is 12.1 Å². The molecule has 1 unspecified atom stereocenters. The van der Waals surface area contributed by atoms with E-state index in [0.29, 0.717) is 0 Å². The van der Waals surface area contributed by atoms with E-state index in [1.165, 1.54) is 3.57 Å². The first-order valence-electron chi connectivity index (χ1n) is 4.26. The Morgan fingerprint density at radius 3 is 1.86 bits per heavy atom. The van der Waals surface area contributed by atoms with Crippen molar-refractivity contribution in [2.24, 2.45) is 5.92 Å². The van der Waals surface area contributed by atoms with Crippen LogP contribution in [0.3, 0.4) is 0 Å². The van der Waals surface area contributed by atoms with Gasteiger partial charge in [0.1, 0.15) is 0 Å². The Bertz CT molecular complexity index is 313. The summed E-state index contributed by atoms with van der Waals surface area (Å²) < 4.78 is 3.52. The van der Waals surface area contributed by atoms with Gasteiger partial charge in [-0.25, -0.2) is 0 Å². The molecule has 0 fully saturated rings. The third-order valence-corrected chi connectivity index (χ3v) is 4.38. The molecule has 0 aliphatic heterocycles. The zero-order valence-corrected chi connectivity index (χ0v) is 14.4. The molecule has 4 heteroatoms. The minimum Gasteiger partial charge on any atom is -0.388 e. The highest BCUT2D eigenvalue weighted by Gasteiger charge is 2.18. The maximum Gasteiger partial charge on any atom is 0.0833 e. The lowest BCUT2D eigenvalue weighted by molar-refractivity contribution is 0.125. The van der Waals surface area contributed by atoms with E-state index < -0.39 is 0 Å². The van der Waals surface area contributed by atoms with Gasteiger partial charge in [-0.05, 0) is 85.8 Å². The summed E-state index contributed by atoms with van der Waals surface area (Å²) in [6.45, 7) is 4.07. The molecule has 1 rings (SSSR count). The topological polar surface area (TPSA) is 20.2 Å². The zero-order chi connectivity index (χ0) is 10.9. The Labute approximate surface area is 125 Å². The summed E-state index contributed by atoms with van der Waals surface area (Å²) in [5, 5.41) is 10.0. The van der Waals surface area contributed by atoms with Crippen molar-refractivity contribution >= 4 is 67.8 Å². The summed E-state index contributed by atoms with van der Waals surface area (Å²) in [4.78, 5) is 0. The van der Waals surface area contributed by atoms with Crippen molar-refractivity contribution in [1.29, 1.82) is 0 Å². The van der Waals surface area contributed by atoms with E-state index in [0.717, 1.165) is 12.7 Å². The van der Waals surface area contributed by atoms with Crippen molar-refractivity contribution in [1.82, 2.24) is 0 Å². The fourth-order valence-corrected chi connectivity index (χ4v) is 5.39. The predicted octanol–water partition coefficient (Wildman–Crippen LogP) is 4.19. The van der Waals surface area contributed by atoms with Crippen molar-refractivity contribution in [3.8, 4) is 0 Å². The molecule has 0 aliphatic rings. The SMILES string of the molecule is CC(C)C(O)c1c(I)cc(I)cc1I. The quantitative estimate of drug-likeness (QED) is 0.572. The van der Waals surface area contributed by atoms with Gasteiger partial charge < -0.3 is 5.11 Å². The largest absolute Gasteiger partial charge is 0.388 e. The van der Waals surface area contributed by atoms with Gasteiger partial charge in [0.15, 0.2) is 0 Å². The van der Waals surface area contributed by atoms with Crippen LogP contribution in [0.25, 0.3) is 0 Å². The monoisotopic (exact) mass is 528 g/mol. The molecule has 0 amide bonds. The molecule has 0 spiro atoms. The standard InChI is InChI=1S/C10H11I3O/c1-5(2)10(14)9-7(12)3-6(11)4-8(9)13/h3-5,10,14H,1-2H3. The second-order valence-electron chi connectivity index (χ2n) is 3.47. The normalized spacial score (nSPS) is 13.4. The van der Waals surface area contributed by atoms with E-state index in [1.807, 2.05) is 13.8 Å². The fraction of sp³-hybridized carbons (Fsp3) is 0.400. The van der Waals surface area contributed by atoms with Crippen molar-refractivity contribution < 1.29 is 5.11 Å². The minimum atomic E-state index is -0.356. The van der Waals surface area contributed by atoms with Crippen LogP contribution in [-0.2, 0) is 0 Å². The summed E-state index contributed by atoms with van der Waals surface area (Å²) >= 11 is 6.88. The van der Waals surface area contributed by atoms with E-state index >= 15 is 0 Å². The van der Waals surface area contributed by atoms with Crippen LogP contribution in [0.1, 0.15) is 25.5 Å². The van der Waals surface area contributed by atoms with Crippen LogP contribution < -0.4 is 0 Å². The number of rotatable bonds is 2. The van der Waals surface area contributed by atoms with Crippen LogP contribution >= 0.6 is 67.8 Å². The van der Waals surface area contributed by atoms with Crippen LogP contribution in [0.5, 0.6) is 0 Å². The lowest BCUT2D eigenvalue weighted by atomic mass is 9.99. The van der Waals surface area contributed by atoms with E-state index in [1.54, 1.807) is 0 Å². The fourth-order valence-electron chi connectivity index (χ4n) is 1.17. The maximum absolute atomic E-state index is 10.0. The van der Waals surface area contributed by atoms with Crippen molar-refractivity contribution in [2.75, 3.05) is 0 Å². The molecular formula is C10H11I3O. The molecule has 0 saturated heterocycles. The molecule has 14 heavy (non-hydrogen) atoms. The molecule has 0 saturated carbocycles. The first kappa shape index (κ1) is 13.4. The average Bonchev–Trinajstić information content (AvgIpc) is 2.01. The highest BCUT2D eigenvalue weighted by molar-refractivity contribution is 14.1. The van der Waals surface area contributed by atoms with Crippen molar-refractivity contribution in [3.05, 3.63) is 28.4 Å². The van der Waals surface area contributed by atoms with E-state index in [9.17, 15) is 5.11 Å². The molecule has 0 radical (unpaired) electrons.